The number of esters is 1. The van der Waals surface area contributed by atoms with Gasteiger partial charge in [-0.2, -0.15) is 0 Å². The molecule has 4 aliphatic carbocycles. The number of carbonyl (C=O) groups excluding carboxylic acids is 2. The van der Waals surface area contributed by atoms with E-state index in [2.05, 4.69) is 0 Å². The molecule has 3 heteroatoms. The van der Waals surface area contributed by atoms with E-state index in [1.54, 1.807) is 0 Å². The molecule has 4 fully saturated rings. The molecule has 112 valence electrons. The predicted molar refractivity (Wildman–Crippen MR) is 76.0 cm³/mol. The number of rotatable bonds is 4. The molecule has 0 aromatic heterocycles. The van der Waals surface area contributed by atoms with Gasteiger partial charge in [0.25, 0.3) is 0 Å². The number of ketones is 1. The molecule has 0 aromatic carbocycles. The molecular formula is C17H26O3. The molecule has 4 aliphatic rings. The van der Waals surface area contributed by atoms with Crippen LogP contribution < -0.4 is 0 Å². The molecule has 0 N–H and O–H groups in total. The quantitative estimate of drug-likeness (QED) is 0.586. The Bertz CT molecular complexity index is 389. The second-order valence-corrected chi connectivity index (χ2v) is 7.81. The van der Waals surface area contributed by atoms with Crippen molar-refractivity contribution < 1.29 is 14.3 Å². The summed E-state index contributed by atoms with van der Waals surface area (Å²) in [5, 5.41) is 0. The van der Waals surface area contributed by atoms with E-state index in [1.165, 1.54) is 26.4 Å². The van der Waals surface area contributed by atoms with Gasteiger partial charge in [0.15, 0.2) is 5.78 Å². The lowest BCUT2D eigenvalue weighted by Gasteiger charge is -2.56. The second-order valence-electron chi connectivity index (χ2n) is 7.81. The maximum atomic E-state index is 13.1. The highest BCUT2D eigenvalue weighted by Gasteiger charge is 2.56. The third-order valence-electron chi connectivity index (χ3n) is 5.97. The minimum absolute atomic E-state index is 0.0305. The number of methoxy groups -OCH3 is 1. The Morgan fingerprint density at radius 1 is 1.00 bits per heavy atom. The first kappa shape index (κ1) is 14.1. The van der Waals surface area contributed by atoms with Crippen molar-refractivity contribution in [3.8, 4) is 0 Å². The molecule has 4 saturated carbocycles. The van der Waals surface area contributed by atoms with Crippen LogP contribution in [-0.4, -0.2) is 18.9 Å². The van der Waals surface area contributed by atoms with E-state index in [0.29, 0.717) is 0 Å². The van der Waals surface area contributed by atoms with E-state index in [4.69, 9.17) is 4.74 Å². The van der Waals surface area contributed by atoms with Crippen molar-refractivity contribution in [2.24, 2.45) is 35.0 Å². The zero-order chi connectivity index (χ0) is 14.5. The summed E-state index contributed by atoms with van der Waals surface area (Å²) in [5.41, 5.74) is -0.197. The van der Waals surface area contributed by atoms with Crippen LogP contribution in [0.4, 0.5) is 0 Å². The van der Waals surface area contributed by atoms with Crippen molar-refractivity contribution in [1.29, 1.82) is 0 Å². The van der Waals surface area contributed by atoms with Gasteiger partial charge in [0.1, 0.15) is 5.92 Å². The van der Waals surface area contributed by atoms with E-state index < -0.39 is 5.92 Å². The van der Waals surface area contributed by atoms with Crippen LogP contribution in [0.5, 0.6) is 0 Å². The molecule has 0 heterocycles. The fraction of sp³-hybridized carbons (Fsp3) is 0.882. The van der Waals surface area contributed by atoms with Gasteiger partial charge < -0.3 is 4.74 Å². The molecule has 0 aliphatic heterocycles. The molecule has 3 nitrogen and oxygen atoms in total. The normalized spacial score (nSPS) is 39.9. The number of ether oxygens (including phenoxy) is 1. The fourth-order valence-corrected chi connectivity index (χ4v) is 5.55. The van der Waals surface area contributed by atoms with Gasteiger partial charge >= 0.3 is 5.97 Å². The van der Waals surface area contributed by atoms with Gasteiger partial charge in [-0.15, -0.1) is 0 Å². The van der Waals surface area contributed by atoms with E-state index in [0.717, 1.165) is 37.0 Å². The lowest BCUT2D eigenvalue weighted by Crippen LogP contribution is -2.53. The minimum Gasteiger partial charge on any atom is -0.468 e. The van der Waals surface area contributed by atoms with Gasteiger partial charge in [0.05, 0.1) is 7.11 Å². The van der Waals surface area contributed by atoms with Crippen LogP contribution in [0.3, 0.4) is 0 Å². The Labute approximate surface area is 121 Å². The first-order chi connectivity index (χ1) is 9.45. The third-order valence-corrected chi connectivity index (χ3v) is 5.97. The van der Waals surface area contributed by atoms with E-state index in [9.17, 15) is 9.59 Å². The Kier molecular flexibility index (Phi) is 3.42. The van der Waals surface area contributed by atoms with Crippen LogP contribution in [0.15, 0.2) is 0 Å². The van der Waals surface area contributed by atoms with Crippen molar-refractivity contribution in [2.75, 3.05) is 7.11 Å². The summed E-state index contributed by atoms with van der Waals surface area (Å²) in [6, 6.07) is 0. The van der Waals surface area contributed by atoms with Crippen LogP contribution in [0, 0.1) is 35.0 Å². The first-order valence-corrected chi connectivity index (χ1v) is 8.07. The van der Waals surface area contributed by atoms with Crippen LogP contribution in [0.25, 0.3) is 0 Å². The maximum Gasteiger partial charge on any atom is 0.316 e. The van der Waals surface area contributed by atoms with Crippen LogP contribution >= 0.6 is 0 Å². The highest BCUT2D eigenvalue weighted by molar-refractivity contribution is 6.02. The lowest BCUT2D eigenvalue weighted by atomic mass is 9.47. The highest BCUT2D eigenvalue weighted by Crippen LogP contribution is 2.61. The molecule has 0 aromatic rings. The average molecular weight is 278 g/mol. The largest absolute Gasteiger partial charge is 0.468 e. The standard InChI is InChI=1S/C17H26O3/c1-10(2)14(16(19)20-3)15(18)17-7-11-4-12(8-17)6-13(5-11)9-17/h10-14H,4-9H2,1-3H3. The van der Waals surface area contributed by atoms with E-state index in [-0.39, 0.29) is 23.1 Å². The van der Waals surface area contributed by atoms with E-state index >= 15 is 0 Å². The Hall–Kier alpha value is -0.860. The van der Waals surface area contributed by atoms with Crippen molar-refractivity contribution in [3.63, 3.8) is 0 Å². The molecular weight excluding hydrogens is 252 g/mol. The summed E-state index contributed by atoms with van der Waals surface area (Å²) in [6.45, 7) is 3.92. The Morgan fingerprint density at radius 3 is 1.80 bits per heavy atom. The SMILES string of the molecule is COC(=O)C(C(=O)C12CC3CC(CC(C3)C1)C2)C(C)C. The minimum atomic E-state index is -0.559. The van der Waals surface area contributed by atoms with Crippen LogP contribution in [0.1, 0.15) is 52.4 Å². The van der Waals surface area contributed by atoms with Gasteiger partial charge in [-0.05, 0) is 62.2 Å². The molecule has 0 spiro atoms. The van der Waals surface area contributed by atoms with Gasteiger partial charge in [0, 0.05) is 5.41 Å². The first-order valence-electron chi connectivity index (χ1n) is 8.07. The fourth-order valence-electron chi connectivity index (χ4n) is 5.55. The molecule has 0 radical (unpaired) electrons. The van der Waals surface area contributed by atoms with Gasteiger partial charge in [-0.1, -0.05) is 13.8 Å². The topological polar surface area (TPSA) is 43.4 Å². The summed E-state index contributed by atoms with van der Waals surface area (Å²) in [7, 11) is 1.39. The zero-order valence-corrected chi connectivity index (χ0v) is 12.9. The Balaban J connectivity index is 1.87. The van der Waals surface area contributed by atoms with Gasteiger partial charge in [-0.25, -0.2) is 0 Å². The van der Waals surface area contributed by atoms with E-state index in [1.807, 2.05) is 13.8 Å². The molecule has 4 bridgehead atoms. The van der Waals surface area contributed by atoms with Crippen molar-refractivity contribution in [1.82, 2.24) is 0 Å². The monoisotopic (exact) mass is 278 g/mol. The maximum absolute atomic E-state index is 13.1. The number of hydrogen-bond acceptors (Lipinski definition) is 3. The number of hydrogen-bond donors (Lipinski definition) is 0. The summed E-state index contributed by atoms with van der Waals surface area (Å²) >= 11 is 0. The summed E-state index contributed by atoms with van der Waals surface area (Å²) < 4.78 is 4.90. The van der Waals surface area contributed by atoms with Crippen molar-refractivity contribution in [3.05, 3.63) is 0 Å². The predicted octanol–water partition coefficient (Wildman–Crippen LogP) is 3.22. The summed E-state index contributed by atoms with van der Waals surface area (Å²) in [5.74, 6) is 1.53. The van der Waals surface area contributed by atoms with Crippen LogP contribution in [-0.2, 0) is 14.3 Å². The highest BCUT2D eigenvalue weighted by atomic mass is 16.5. The van der Waals surface area contributed by atoms with Gasteiger partial charge in [0.2, 0.25) is 0 Å². The van der Waals surface area contributed by atoms with Crippen molar-refractivity contribution in [2.45, 2.75) is 52.4 Å². The second kappa shape index (κ2) is 4.85. The number of Topliss-reactive ketones (excluding diaryl/α,β-unsaturated/α-hetero) is 1. The van der Waals surface area contributed by atoms with Gasteiger partial charge in [-0.3, -0.25) is 9.59 Å². The average Bonchev–Trinajstić information content (AvgIpc) is 2.36. The summed E-state index contributed by atoms with van der Waals surface area (Å²) in [4.78, 5) is 25.2. The zero-order valence-electron chi connectivity index (χ0n) is 12.9. The molecule has 0 saturated heterocycles. The molecule has 1 unspecified atom stereocenters. The molecule has 20 heavy (non-hydrogen) atoms. The lowest BCUT2D eigenvalue weighted by molar-refractivity contribution is -0.161. The molecule has 0 amide bonds. The summed E-state index contributed by atoms with van der Waals surface area (Å²) in [6.07, 6.45) is 7.03. The smallest absolute Gasteiger partial charge is 0.316 e. The number of carbonyl (C=O) groups is 2. The van der Waals surface area contributed by atoms with Crippen LogP contribution in [0.2, 0.25) is 0 Å². The van der Waals surface area contributed by atoms with Crippen molar-refractivity contribution >= 4 is 11.8 Å². The Morgan fingerprint density at radius 2 is 1.45 bits per heavy atom. The third kappa shape index (κ3) is 2.10. The molecule has 1 atom stereocenters. The molecule has 4 rings (SSSR count).